The Labute approximate surface area is 158 Å². The maximum Gasteiger partial charge on any atom is 0.125 e. The van der Waals surface area contributed by atoms with E-state index in [0.29, 0.717) is 33.4 Å². The molecule has 25 heavy (non-hydrogen) atoms. The number of hydrogen-bond acceptors (Lipinski definition) is 4. The monoisotopic (exact) mass is 377 g/mol. The highest BCUT2D eigenvalue weighted by Crippen LogP contribution is 2.33. The Morgan fingerprint density at radius 1 is 1.16 bits per heavy atom. The smallest absolute Gasteiger partial charge is 0.125 e. The number of pyridine rings is 2. The van der Waals surface area contributed by atoms with Crippen LogP contribution in [0.2, 0.25) is 5.02 Å². The lowest BCUT2D eigenvalue weighted by Gasteiger charge is -2.12. The standard InChI is InChI=1S/C16H11ClFN3.C2H6.CH4S/c1-9(19)12-8-21-16-11(6-10(18)7-13(16)17)15(12)14-4-2-3-5-20-14;2*1-2/h2-8,19H,1H3;1-2H3;2H,1H3. The Morgan fingerprint density at radius 2 is 1.84 bits per heavy atom. The van der Waals surface area contributed by atoms with E-state index in [1.807, 2.05) is 26.0 Å². The summed E-state index contributed by atoms with van der Waals surface area (Å²) in [5.74, 6) is -0.439. The Hall–Kier alpha value is -1.98. The normalized spacial score (nSPS) is 9.56. The maximum absolute atomic E-state index is 13.7. The van der Waals surface area contributed by atoms with Gasteiger partial charge in [-0.1, -0.05) is 31.5 Å². The van der Waals surface area contributed by atoms with E-state index in [2.05, 4.69) is 22.6 Å². The van der Waals surface area contributed by atoms with Gasteiger partial charge in [0, 0.05) is 34.6 Å². The maximum atomic E-state index is 13.7. The molecule has 3 rings (SSSR count). The molecule has 0 bridgehead atoms. The molecule has 2 aromatic heterocycles. The van der Waals surface area contributed by atoms with Crippen LogP contribution < -0.4 is 0 Å². The van der Waals surface area contributed by atoms with E-state index < -0.39 is 5.82 Å². The minimum absolute atomic E-state index is 0.247. The van der Waals surface area contributed by atoms with Crippen molar-refractivity contribution in [3.63, 3.8) is 0 Å². The third-order valence-corrected chi connectivity index (χ3v) is 3.50. The molecule has 0 aliphatic carbocycles. The topological polar surface area (TPSA) is 49.6 Å². The van der Waals surface area contributed by atoms with Gasteiger partial charge in [0.1, 0.15) is 5.82 Å². The van der Waals surface area contributed by atoms with Gasteiger partial charge in [0.25, 0.3) is 0 Å². The zero-order valence-corrected chi connectivity index (χ0v) is 16.3. The van der Waals surface area contributed by atoms with Crippen molar-refractivity contribution in [3.05, 3.63) is 59.1 Å². The molecule has 1 aromatic carbocycles. The second-order valence-electron chi connectivity index (χ2n) is 4.67. The minimum atomic E-state index is -0.439. The molecule has 3 aromatic rings. The van der Waals surface area contributed by atoms with Gasteiger partial charge >= 0.3 is 0 Å². The van der Waals surface area contributed by atoms with E-state index in [1.54, 1.807) is 31.6 Å². The van der Waals surface area contributed by atoms with Crippen LogP contribution in [0, 0.1) is 11.2 Å². The van der Waals surface area contributed by atoms with Crippen LogP contribution in [0.25, 0.3) is 22.2 Å². The van der Waals surface area contributed by atoms with Crippen LogP contribution in [0.1, 0.15) is 26.3 Å². The summed E-state index contributed by atoms with van der Waals surface area (Å²) in [5, 5.41) is 8.72. The van der Waals surface area contributed by atoms with Crippen LogP contribution >= 0.6 is 24.2 Å². The molecule has 132 valence electrons. The van der Waals surface area contributed by atoms with Gasteiger partial charge in [-0.2, -0.15) is 12.6 Å². The quantitative estimate of drug-likeness (QED) is 0.422. The second-order valence-corrected chi connectivity index (χ2v) is 5.08. The molecule has 0 saturated carbocycles. The van der Waals surface area contributed by atoms with E-state index >= 15 is 0 Å². The third kappa shape index (κ3) is 4.77. The predicted molar refractivity (Wildman–Crippen MR) is 109 cm³/mol. The number of halogens is 2. The van der Waals surface area contributed by atoms with E-state index in [0.717, 1.165) is 0 Å². The summed E-state index contributed by atoms with van der Waals surface area (Å²) >= 11 is 9.60. The van der Waals surface area contributed by atoms with Crippen molar-refractivity contribution in [2.75, 3.05) is 6.26 Å². The van der Waals surface area contributed by atoms with Crippen molar-refractivity contribution in [2.24, 2.45) is 0 Å². The van der Waals surface area contributed by atoms with Crippen LogP contribution in [0.4, 0.5) is 4.39 Å². The number of fused-ring (bicyclic) bond motifs is 1. The molecular weight excluding hydrogens is 357 g/mol. The van der Waals surface area contributed by atoms with Crippen LogP contribution in [0.3, 0.4) is 0 Å². The van der Waals surface area contributed by atoms with Crippen molar-refractivity contribution in [2.45, 2.75) is 20.8 Å². The highest BCUT2D eigenvalue weighted by molar-refractivity contribution is 7.79. The molecule has 0 radical (unpaired) electrons. The first kappa shape index (κ1) is 21.1. The fourth-order valence-corrected chi connectivity index (χ4v) is 2.55. The summed E-state index contributed by atoms with van der Waals surface area (Å²) in [5.41, 5.74) is 2.79. The summed E-state index contributed by atoms with van der Waals surface area (Å²) in [7, 11) is 0. The summed E-state index contributed by atoms with van der Waals surface area (Å²) in [6, 6.07) is 8.08. The van der Waals surface area contributed by atoms with Gasteiger partial charge in [-0.05, 0) is 37.4 Å². The molecular formula is C19H21ClFN3S. The average Bonchev–Trinajstić information content (AvgIpc) is 2.64. The minimum Gasteiger partial charge on any atom is -0.305 e. The van der Waals surface area contributed by atoms with Crippen LogP contribution in [0.5, 0.6) is 0 Å². The molecule has 6 heteroatoms. The molecule has 0 aliphatic heterocycles. The Kier molecular flexibility index (Phi) is 8.52. The number of hydrogen-bond donors (Lipinski definition) is 2. The number of benzene rings is 1. The Morgan fingerprint density at radius 3 is 2.40 bits per heavy atom. The van der Waals surface area contributed by atoms with Gasteiger partial charge in [-0.15, -0.1) is 0 Å². The third-order valence-electron chi connectivity index (χ3n) is 3.21. The van der Waals surface area contributed by atoms with Crippen molar-refractivity contribution >= 4 is 40.8 Å². The molecule has 1 N–H and O–H groups in total. The molecule has 0 aliphatic rings. The lowest BCUT2D eigenvalue weighted by atomic mass is 9.97. The lowest BCUT2D eigenvalue weighted by molar-refractivity contribution is 0.629. The highest BCUT2D eigenvalue weighted by Gasteiger charge is 2.16. The van der Waals surface area contributed by atoms with Gasteiger partial charge in [0.05, 0.1) is 16.2 Å². The van der Waals surface area contributed by atoms with Crippen molar-refractivity contribution in [1.29, 1.82) is 5.41 Å². The number of nitrogens with zero attached hydrogens (tertiary/aromatic N) is 2. The van der Waals surface area contributed by atoms with Gasteiger partial charge in [0.2, 0.25) is 0 Å². The van der Waals surface area contributed by atoms with E-state index in [9.17, 15) is 4.39 Å². The molecule has 0 spiro atoms. The number of thiol groups is 1. The number of nitrogens with one attached hydrogen (secondary N) is 1. The van der Waals surface area contributed by atoms with Crippen LogP contribution in [-0.4, -0.2) is 21.9 Å². The van der Waals surface area contributed by atoms with Gasteiger partial charge in [-0.25, -0.2) is 4.39 Å². The zero-order chi connectivity index (χ0) is 19.0. The average molecular weight is 378 g/mol. The molecule has 0 fully saturated rings. The predicted octanol–water partition coefficient (Wildman–Crippen LogP) is 6.05. The van der Waals surface area contributed by atoms with Crippen molar-refractivity contribution < 1.29 is 4.39 Å². The fourth-order valence-electron chi connectivity index (χ4n) is 2.30. The molecule has 0 amide bonds. The summed E-state index contributed by atoms with van der Waals surface area (Å²) < 4.78 is 13.7. The molecule has 2 heterocycles. The summed E-state index contributed by atoms with van der Waals surface area (Å²) in [6.07, 6.45) is 4.93. The fraction of sp³-hybridized carbons (Fsp3) is 0.211. The van der Waals surface area contributed by atoms with Gasteiger partial charge in [0.15, 0.2) is 0 Å². The molecule has 0 saturated heterocycles. The van der Waals surface area contributed by atoms with Gasteiger partial charge in [-0.3, -0.25) is 9.97 Å². The first-order valence-corrected chi connectivity index (χ1v) is 9.04. The van der Waals surface area contributed by atoms with Crippen molar-refractivity contribution in [3.8, 4) is 11.3 Å². The number of rotatable bonds is 2. The highest BCUT2D eigenvalue weighted by atomic mass is 35.5. The van der Waals surface area contributed by atoms with E-state index in [1.165, 1.54) is 12.1 Å². The Balaban J connectivity index is 0.000000730. The Bertz CT molecular complexity index is 854. The second kappa shape index (κ2) is 10.1. The number of aromatic nitrogens is 2. The molecule has 0 unspecified atom stereocenters. The summed E-state index contributed by atoms with van der Waals surface area (Å²) in [4.78, 5) is 8.57. The summed E-state index contributed by atoms with van der Waals surface area (Å²) in [6.45, 7) is 5.66. The van der Waals surface area contributed by atoms with Gasteiger partial charge < -0.3 is 5.41 Å². The van der Waals surface area contributed by atoms with Crippen molar-refractivity contribution in [1.82, 2.24) is 9.97 Å². The first-order chi connectivity index (χ1) is 12.1. The zero-order valence-electron chi connectivity index (χ0n) is 14.6. The first-order valence-electron chi connectivity index (χ1n) is 7.77. The lowest BCUT2D eigenvalue weighted by Crippen LogP contribution is -2.01. The molecule has 3 nitrogen and oxygen atoms in total. The largest absolute Gasteiger partial charge is 0.305 e. The van der Waals surface area contributed by atoms with Crippen LogP contribution in [0.15, 0.2) is 42.7 Å². The van der Waals surface area contributed by atoms with E-state index in [-0.39, 0.29) is 5.02 Å². The molecule has 0 atom stereocenters. The van der Waals surface area contributed by atoms with E-state index in [4.69, 9.17) is 17.0 Å². The SMILES string of the molecule is CC.CC(=N)c1cnc2c(Cl)cc(F)cc2c1-c1ccccn1.CS. The van der Waals surface area contributed by atoms with Crippen LogP contribution in [-0.2, 0) is 0 Å².